The lowest BCUT2D eigenvalue weighted by atomic mass is 10.1. The van der Waals surface area contributed by atoms with Crippen LogP contribution in [0.25, 0.3) is 0 Å². The van der Waals surface area contributed by atoms with Crippen LogP contribution in [0.1, 0.15) is 11.1 Å². The van der Waals surface area contributed by atoms with E-state index in [2.05, 4.69) is 29.2 Å². The maximum atomic E-state index is 9.32. The summed E-state index contributed by atoms with van der Waals surface area (Å²) in [5.74, 6) is -0.0996. The van der Waals surface area contributed by atoms with Gasteiger partial charge in [0, 0.05) is 38.8 Å². The summed E-state index contributed by atoms with van der Waals surface area (Å²) in [5.41, 5.74) is 2.48. The molecule has 2 N–H and O–H groups in total. The van der Waals surface area contributed by atoms with Crippen molar-refractivity contribution in [1.29, 1.82) is 0 Å². The fourth-order valence-electron chi connectivity index (χ4n) is 2.41. The Balaban J connectivity index is 2.06. The number of rotatable bonds is 8. The van der Waals surface area contributed by atoms with Crippen LogP contribution in [-0.2, 0) is 13.1 Å². The molecule has 0 aliphatic heterocycles. The van der Waals surface area contributed by atoms with Crippen molar-refractivity contribution in [2.24, 2.45) is 5.92 Å². The van der Waals surface area contributed by atoms with Crippen molar-refractivity contribution in [3.63, 3.8) is 0 Å². The van der Waals surface area contributed by atoms with E-state index in [9.17, 15) is 10.2 Å². The predicted octanol–water partition coefficient (Wildman–Crippen LogP) is 2.29. The lowest BCUT2D eigenvalue weighted by Crippen LogP contribution is -2.32. The Hall–Kier alpha value is -1.68. The van der Waals surface area contributed by atoms with Gasteiger partial charge in [-0.3, -0.25) is 4.90 Å². The average molecular weight is 285 g/mol. The lowest BCUT2D eigenvalue weighted by Gasteiger charge is -2.26. The second-order valence-electron chi connectivity index (χ2n) is 5.37. The van der Waals surface area contributed by atoms with Crippen LogP contribution < -0.4 is 0 Å². The van der Waals surface area contributed by atoms with Gasteiger partial charge in [-0.05, 0) is 11.1 Å². The standard InChI is InChI=1S/C18H23NO2/c20-14-18(15-21)13-19(11-16-7-3-1-4-8-16)12-17-9-5-2-6-10-17/h1-10,18,20-21H,11-15H2. The van der Waals surface area contributed by atoms with Gasteiger partial charge in [-0.2, -0.15) is 0 Å². The number of aliphatic hydroxyl groups excluding tert-OH is 2. The molecule has 0 spiro atoms. The van der Waals surface area contributed by atoms with Gasteiger partial charge in [0.15, 0.2) is 0 Å². The maximum Gasteiger partial charge on any atom is 0.0493 e. The zero-order valence-electron chi connectivity index (χ0n) is 12.2. The molecule has 0 amide bonds. The second kappa shape index (κ2) is 8.57. The Kier molecular flexibility index (Phi) is 6.41. The molecule has 2 aromatic rings. The van der Waals surface area contributed by atoms with Crippen molar-refractivity contribution >= 4 is 0 Å². The largest absolute Gasteiger partial charge is 0.396 e. The first-order chi connectivity index (χ1) is 10.3. The molecule has 3 nitrogen and oxygen atoms in total. The molecule has 0 aliphatic carbocycles. The highest BCUT2D eigenvalue weighted by molar-refractivity contribution is 5.17. The molecule has 0 saturated heterocycles. The molecule has 0 radical (unpaired) electrons. The lowest BCUT2D eigenvalue weighted by molar-refractivity contribution is 0.103. The van der Waals surface area contributed by atoms with Gasteiger partial charge in [0.2, 0.25) is 0 Å². The third-order valence-corrected chi connectivity index (χ3v) is 3.53. The SMILES string of the molecule is OCC(CO)CN(Cc1ccccc1)Cc1ccccc1. The van der Waals surface area contributed by atoms with Gasteiger partial charge in [0.1, 0.15) is 0 Å². The minimum Gasteiger partial charge on any atom is -0.396 e. The van der Waals surface area contributed by atoms with Gasteiger partial charge in [-0.1, -0.05) is 60.7 Å². The number of hydrogen-bond donors (Lipinski definition) is 2. The van der Waals surface area contributed by atoms with Crippen molar-refractivity contribution in [3.05, 3.63) is 71.8 Å². The molecular weight excluding hydrogens is 262 g/mol. The van der Waals surface area contributed by atoms with Gasteiger partial charge in [-0.25, -0.2) is 0 Å². The van der Waals surface area contributed by atoms with E-state index in [1.807, 2.05) is 36.4 Å². The van der Waals surface area contributed by atoms with E-state index in [-0.39, 0.29) is 19.1 Å². The first-order valence-corrected chi connectivity index (χ1v) is 7.33. The van der Waals surface area contributed by atoms with Crippen LogP contribution in [0.2, 0.25) is 0 Å². The van der Waals surface area contributed by atoms with E-state index in [1.54, 1.807) is 0 Å². The molecule has 0 fully saturated rings. The van der Waals surface area contributed by atoms with Crippen LogP contribution in [-0.4, -0.2) is 34.9 Å². The third kappa shape index (κ3) is 5.31. The van der Waals surface area contributed by atoms with E-state index in [0.717, 1.165) is 13.1 Å². The molecule has 0 aromatic heterocycles. The van der Waals surface area contributed by atoms with Crippen LogP contribution >= 0.6 is 0 Å². The Morgan fingerprint density at radius 2 is 1.14 bits per heavy atom. The first kappa shape index (κ1) is 15.7. The van der Waals surface area contributed by atoms with Crippen LogP contribution in [0.15, 0.2) is 60.7 Å². The average Bonchev–Trinajstić information content (AvgIpc) is 2.54. The fraction of sp³-hybridized carbons (Fsp3) is 0.333. The second-order valence-corrected chi connectivity index (χ2v) is 5.37. The van der Waals surface area contributed by atoms with E-state index < -0.39 is 0 Å². The highest BCUT2D eigenvalue weighted by atomic mass is 16.3. The summed E-state index contributed by atoms with van der Waals surface area (Å²) in [6.45, 7) is 2.32. The van der Waals surface area contributed by atoms with Crippen LogP contribution in [0, 0.1) is 5.92 Å². The molecular formula is C18H23NO2. The van der Waals surface area contributed by atoms with Gasteiger partial charge in [0.05, 0.1) is 0 Å². The molecule has 3 heteroatoms. The van der Waals surface area contributed by atoms with Crippen molar-refractivity contribution < 1.29 is 10.2 Å². The molecule has 0 atom stereocenters. The van der Waals surface area contributed by atoms with Crippen LogP contribution in [0.5, 0.6) is 0 Å². The molecule has 21 heavy (non-hydrogen) atoms. The van der Waals surface area contributed by atoms with Gasteiger partial charge < -0.3 is 10.2 Å². The van der Waals surface area contributed by atoms with E-state index in [4.69, 9.17) is 0 Å². The van der Waals surface area contributed by atoms with E-state index in [0.29, 0.717) is 6.54 Å². The maximum absolute atomic E-state index is 9.32. The minimum absolute atomic E-state index is 0.0105. The summed E-state index contributed by atoms with van der Waals surface area (Å²) in [7, 11) is 0. The highest BCUT2D eigenvalue weighted by Gasteiger charge is 2.13. The number of hydrogen-bond acceptors (Lipinski definition) is 3. The number of nitrogens with zero attached hydrogens (tertiary/aromatic N) is 1. The minimum atomic E-state index is -0.0996. The van der Waals surface area contributed by atoms with Gasteiger partial charge in [0.25, 0.3) is 0 Å². The molecule has 2 rings (SSSR count). The molecule has 2 aromatic carbocycles. The van der Waals surface area contributed by atoms with Crippen molar-refractivity contribution in [1.82, 2.24) is 4.90 Å². The van der Waals surface area contributed by atoms with Crippen LogP contribution in [0.3, 0.4) is 0 Å². The van der Waals surface area contributed by atoms with Crippen molar-refractivity contribution in [2.75, 3.05) is 19.8 Å². The zero-order chi connectivity index (χ0) is 14.9. The summed E-state index contributed by atoms with van der Waals surface area (Å²) in [6, 6.07) is 20.6. The summed E-state index contributed by atoms with van der Waals surface area (Å²) in [4.78, 5) is 2.27. The van der Waals surface area contributed by atoms with E-state index >= 15 is 0 Å². The van der Waals surface area contributed by atoms with Gasteiger partial charge in [-0.15, -0.1) is 0 Å². The zero-order valence-corrected chi connectivity index (χ0v) is 12.2. The molecule has 112 valence electrons. The normalized spacial score (nSPS) is 11.2. The van der Waals surface area contributed by atoms with Crippen LogP contribution in [0.4, 0.5) is 0 Å². The van der Waals surface area contributed by atoms with Crippen molar-refractivity contribution in [2.45, 2.75) is 13.1 Å². The first-order valence-electron chi connectivity index (χ1n) is 7.33. The number of aliphatic hydroxyl groups is 2. The van der Waals surface area contributed by atoms with Gasteiger partial charge >= 0.3 is 0 Å². The third-order valence-electron chi connectivity index (χ3n) is 3.53. The summed E-state index contributed by atoms with van der Waals surface area (Å²) < 4.78 is 0. The van der Waals surface area contributed by atoms with E-state index in [1.165, 1.54) is 11.1 Å². The molecule has 0 saturated carbocycles. The van der Waals surface area contributed by atoms with Crippen molar-refractivity contribution in [3.8, 4) is 0 Å². The quantitative estimate of drug-likeness (QED) is 0.782. The molecule has 0 heterocycles. The topological polar surface area (TPSA) is 43.7 Å². The summed E-state index contributed by atoms with van der Waals surface area (Å²) >= 11 is 0. The molecule has 0 aliphatic rings. The molecule has 0 bridgehead atoms. The predicted molar refractivity (Wildman–Crippen MR) is 84.7 cm³/mol. The monoisotopic (exact) mass is 285 g/mol. The molecule has 0 unspecified atom stereocenters. The fourth-order valence-corrected chi connectivity index (χ4v) is 2.41. The smallest absolute Gasteiger partial charge is 0.0493 e. The summed E-state index contributed by atoms with van der Waals surface area (Å²) in [6.07, 6.45) is 0. The Bertz CT molecular complexity index is 456. The Labute approximate surface area is 126 Å². The number of benzene rings is 2. The highest BCUT2D eigenvalue weighted by Crippen LogP contribution is 2.12. The Morgan fingerprint density at radius 1 is 0.714 bits per heavy atom. The Morgan fingerprint density at radius 3 is 1.52 bits per heavy atom. The summed E-state index contributed by atoms with van der Waals surface area (Å²) in [5, 5.41) is 18.6.